The molecule has 1 aliphatic heterocycles. The average Bonchev–Trinajstić information content (AvgIpc) is 2.89. The molecule has 2 heterocycles. The number of hydrogen-bond acceptors (Lipinski definition) is 4. The van der Waals surface area contributed by atoms with Crippen LogP contribution < -0.4 is 5.73 Å². The van der Waals surface area contributed by atoms with E-state index in [0.717, 1.165) is 25.9 Å². The Labute approximate surface area is 134 Å². The summed E-state index contributed by atoms with van der Waals surface area (Å²) >= 11 is 0. The lowest BCUT2D eigenvalue weighted by Crippen LogP contribution is -2.41. The van der Waals surface area contributed by atoms with E-state index in [1.54, 1.807) is 0 Å². The second kappa shape index (κ2) is 8.02. The number of piperidine rings is 1. The summed E-state index contributed by atoms with van der Waals surface area (Å²) in [4.78, 5) is 16.4. The van der Waals surface area contributed by atoms with Gasteiger partial charge in [-0.1, -0.05) is 0 Å². The topological polar surface area (TPSA) is 103 Å². The number of guanidine groups is 1. The molecule has 1 aliphatic rings. The van der Waals surface area contributed by atoms with Gasteiger partial charge in [-0.05, 0) is 19.3 Å². The third-order valence-electron chi connectivity index (χ3n) is 3.11. The van der Waals surface area contributed by atoms with Crippen LogP contribution in [0, 0.1) is 10.1 Å². The molecule has 2 rings (SSSR count). The summed E-state index contributed by atoms with van der Waals surface area (Å²) in [5.74, 6) is 0.557. The van der Waals surface area contributed by atoms with E-state index in [-0.39, 0.29) is 29.7 Å². The van der Waals surface area contributed by atoms with Crippen LogP contribution in [0.1, 0.15) is 19.3 Å². The van der Waals surface area contributed by atoms with E-state index < -0.39 is 4.92 Å². The van der Waals surface area contributed by atoms with Crippen molar-refractivity contribution in [2.24, 2.45) is 10.7 Å². The maximum Gasteiger partial charge on any atom is 0.306 e. The Bertz CT molecular complexity index is 469. The zero-order chi connectivity index (χ0) is 13.7. The molecule has 1 aromatic heterocycles. The van der Waals surface area contributed by atoms with E-state index in [9.17, 15) is 10.1 Å². The first-order valence-electron chi connectivity index (χ1n) is 6.38. The van der Waals surface area contributed by atoms with Crippen molar-refractivity contribution in [2.75, 3.05) is 19.6 Å². The Morgan fingerprint density at radius 3 is 2.75 bits per heavy atom. The molecule has 20 heavy (non-hydrogen) atoms. The number of likely N-dealkylation sites (tertiary alicyclic amines) is 1. The number of nitrogens with zero attached hydrogens (tertiary/aromatic N) is 5. The number of halogens is 1. The van der Waals surface area contributed by atoms with Crippen molar-refractivity contribution in [1.82, 2.24) is 14.7 Å². The quantitative estimate of drug-likeness (QED) is 0.272. The first-order chi connectivity index (χ1) is 9.16. The van der Waals surface area contributed by atoms with Crippen molar-refractivity contribution in [2.45, 2.75) is 25.8 Å². The lowest BCUT2D eigenvalue weighted by molar-refractivity contribution is -0.385. The van der Waals surface area contributed by atoms with E-state index in [4.69, 9.17) is 5.73 Å². The van der Waals surface area contributed by atoms with Gasteiger partial charge in [0, 0.05) is 13.1 Å². The van der Waals surface area contributed by atoms with Gasteiger partial charge in [0.25, 0.3) is 0 Å². The first kappa shape index (κ1) is 16.7. The van der Waals surface area contributed by atoms with E-state index in [1.165, 1.54) is 23.5 Å². The van der Waals surface area contributed by atoms with Crippen LogP contribution in [-0.2, 0) is 6.54 Å². The van der Waals surface area contributed by atoms with Crippen LogP contribution in [0.3, 0.4) is 0 Å². The lowest BCUT2D eigenvalue weighted by Gasteiger charge is -2.27. The minimum atomic E-state index is -0.463. The molecule has 1 saturated heterocycles. The molecular weight excluding hydrogens is 375 g/mol. The molecule has 0 bridgehead atoms. The normalized spacial score (nSPS) is 15.8. The van der Waals surface area contributed by atoms with Gasteiger partial charge >= 0.3 is 5.69 Å². The van der Waals surface area contributed by atoms with Crippen molar-refractivity contribution in [1.29, 1.82) is 0 Å². The van der Waals surface area contributed by atoms with E-state index in [1.807, 2.05) is 0 Å². The zero-order valence-corrected chi connectivity index (χ0v) is 13.5. The maximum atomic E-state index is 10.5. The second-order valence-corrected chi connectivity index (χ2v) is 4.51. The van der Waals surface area contributed by atoms with Gasteiger partial charge in [-0.25, -0.2) is 0 Å². The molecule has 1 aromatic rings. The Morgan fingerprint density at radius 1 is 1.45 bits per heavy atom. The summed E-state index contributed by atoms with van der Waals surface area (Å²) in [6.45, 7) is 2.88. The predicted molar refractivity (Wildman–Crippen MR) is 86.2 cm³/mol. The fourth-order valence-corrected chi connectivity index (χ4v) is 2.06. The number of rotatable bonds is 4. The minimum absolute atomic E-state index is 0. The van der Waals surface area contributed by atoms with E-state index in [0.29, 0.717) is 19.0 Å². The molecule has 0 aliphatic carbocycles. The molecule has 1 fully saturated rings. The molecule has 112 valence electrons. The third-order valence-corrected chi connectivity index (χ3v) is 3.11. The standard InChI is InChI=1S/C11H18N6O2.HI/c12-11(15-5-2-1-3-6-15)13-4-7-16-9-10(8-14-16)17(18)19;/h8-9H,1-7H2,(H2,12,13);1H. The van der Waals surface area contributed by atoms with Gasteiger partial charge in [-0.3, -0.25) is 19.8 Å². The highest BCUT2D eigenvalue weighted by molar-refractivity contribution is 14.0. The fraction of sp³-hybridized carbons (Fsp3) is 0.636. The van der Waals surface area contributed by atoms with Crippen LogP contribution in [0.4, 0.5) is 5.69 Å². The molecule has 8 nitrogen and oxygen atoms in total. The summed E-state index contributed by atoms with van der Waals surface area (Å²) in [5, 5.41) is 14.4. The molecule has 0 atom stereocenters. The van der Waals surface area contributed by atoms with E-state index >= 15 is 0 Å². The highest BCUT2D eigenvalue weighted by atomic mass is 127. The Hall–Kier alpha value is -1.39. The number of nitro groups is 1. The molecule has 0 unspecified atom stereocenters. The Morgan fingerprint density at radius 2 is 2.15 bits per heavy atom. The van der Waals surface area contributed by atoms with Gasteiger partial charge < -0.3 is 10.6 Å². The summed E-state index contributed by atoms with van der Waals surface area (Å²) in [7, 11) is 0. The lowest BCUT2D eigenvalue weighted by atomic mass is 10.1. The van der Waals surface area contributed by atoms with Crippen LogP contribution in [0.5, 0.6) is 0 Å². The largest absolute Gasteiger partial charge is 0.370 e. The van der Waals surface area contributed by atoms with Crippen molar-refractivity contribution in [3.05, 3.63) is 22.5 Å². The zero-order valence-electron chi connectivity index (χ0n) is 11.1. The highest BCUT2D eigenvalue weighted by Gasteiger charge is 2.12. The molecular formula is C11H19IN6O2. The number of aliphatic imine (C=N–C) groups is 1. The van der Waals surface area contributed by atoms with Crippen LogP contribution in [0.2, 0.25) is 0 Å². The van der Waals surface area contributed by atoms with Gasteiger partial charge in [0.2, 0.25) is 0 Å². The van der Waals surface area contributed by atoms with Crippen molar-refractivity contribution < 1.29 is 4.92 Å². The molecule has 9 heteroatoms. The van der Waals surface area contributed by atoms with E-state index in [2.05, 4.69) is 15.0 Å². The third kappa shape index (κ3) is 4.62. The average molecular weight is 394 g/mol. The minimum Gasteiger partial charge on any atom is -0.370 e. The molecule has 0 spiro atoms. The molecule has 0 aromatic carbocycles. The number of nitrogens with two attached hydrogens (primary N) is 1. The smallest absolute Gasteiger partial charge is 0.306 e. The second-order valence-electron chi connectivity index (χ2n) is 4.51. The SMILES string of the molecule is I.NC(=NCCn1cc([N+](=O)[O-])cn1)N1CCCCC1. The van der Waals surface area contributed by atoms with Crippen LogP contribution in [0.15, 0.2) is 17.4 Å². The van der Waals surface area contributed by atoms with Gasteiger partial charge in [0.05, 0.1) is 18.0 Å². The molecule has 0 amide bonds. The van der Waals surface area contributed by atoms with Gasteiger partial charge in [0.1, 0.15) is 12.4 Å². The molecule has 0 radical (unpaired) electrons. The summed E-state index contributed by atoms with van der Waals surface area (Å²) < 4.78 is 1.51. The monoisotopic (exact) mass is 394 g/mol. The summed E-state index contributed by atoms with van der Waals surface area (Å²) in [6, 6.07) is 0. The molecule has 0 saturated carbocycles. The van der Waals surface area contributed by atoms with Crippen LogP contribution >= 0.6 is 24.0 Å². The van der Waals surface area contributed by atoms with Crippen molar-refractivity contribution in [3.8, 4) is 0 Å². The number of aromatic nitrogens is 2. The predicted octanol–water partition coefficient (Wildman–Crippen LogP) is 1.21. The maximum absolute atomic E-state index is 10.5. The highest BCUT2D eigenvalue weighted by Crippen LogP contribution is 2.09. The Balaban J connectivity index is 0.00000200. The number of hydrogen-bond donors (Lipinski definition) is 1. The van der Waals surface area contributed by atoms with Gasteiger partial charge in [0.15, 0.2) is 5.96 Å². The van der Waals surface area contributed by atoms with Crippen LogP contribution in [0.25, 0.3) is 0 Å². The Kier molecular flexibility index (Phi) is 6.68. The summed E-state index contributed by atoms with van der Waals surface area (Å²) in [6.07, 6.45) is 6.19. The fourth-order valence-electron chi connectivity index (χ4n) is 2.06. The van der Waals surface area contributed by atoms with Gasteiger partial charge in [-0.2, -0.15) is 5.10 Å². The van der Waals surface area contributed by atoms with Gasteiger partial charge in [-0.15, -0.1) is 24.0 Å². The van der Waals surface area contributed by atoms with Crippen molar-refractivity contribution >= 4 is 35.6 Å². The van der Waals surface area contributed by atoms with Crippen molar-refractivity contribution in [3.63, 3.8) is 0 Å². The first-order valence-corrected chi connectivity index (χ1v) is 6.38. The summed E-state index contributed by atoms with van der Waals surface area (Å²) in [5.41, 5.74) is 5.90. The molecule has 2 N–H and O–H groups in total. The van der Waals surface area contributed by atoms with Crippen LogP contribution in [-0.4, -0.2) is 45.2 Å².